The summed E-state index contributed by atoms with van der Waals surface area (Å²) in [5, 5.41) is 0. The van der Waals surface area contributed by atoms with Gasteiger partial charge in [-0.1, -0.05) is 36.8 Å². The third-order valence-electron chi connectivity index (χ3n) is 4.21. The molecule has 1 aromatic rings. The molecule has 1 unspecified atom stereocenters. The van der Waals surface area contributed by atoms with E-state index >= 15 is 0 Å². The summed E-state index contributed by atoms with van der Waals surface area (Å²) in [5.41, 5.74) is 7.40. The summed E-state index contributed by atoms with van der Waals surface area (Å²) in [4.78, 5) is 2.45. The Morgan fingerprint density at radius 3 is 2.47 bits per heavy atom. The van der Waals surface area contributed by atoms with E-state index in [9.17, 15) is 0 Å². The van der Waals surface area contributed by atoms with E-state index in [1.807, 2.05) is 0 Å². The van der Waals surface area contributed by atoms with Crippen LogP contribution in [0.15, 0.2) is 24.3 Å². The molecule has 0 aliphatic carbocycles. The van der Waals surface area contributed by atoms with Crippen LogP contribution in [0.3, 0.4) is 0 Å². The highest BCUT2D eigenvalue weighted by Crippen LogP contribution is 2.27. The van der Waals surface area contributed by atoms with Crippen molar-refractivity contribution >= 4 is 0 Å². The van der Waals surface area contributed by atoms with Crippen LogP contribution in [-0.4, -0.2) is 32.1 Å². The number of hydrogen-bond donors (Lipinski definition) is 1. The molecule has 1 aromatic carbocycles. The lowest BCUT2D eigenvalue weighted by molar-refractivity contribution is 0.177. The SMILES string of the molecule is CN.Cc1cccc(CC(C)C2CCN(C)CC2)c1. The monoisotopic (exact) mass is 262 g/mol. The van der Waals surface area contributed by atoms with E-state index in [1.54, 1.807) is 0 Å². The van der Waals surface area contributed by atoms with Gasteiger partial charge in [0.1, 0.15) is 0 Å². The Kier molecular flexibility index (Phi) is 7.11. The van der Waals surface area contributed by atoms with Crippen LogP contribution in [0.1, 0.15) is 30.9 Å². The van der Waals surface area contributed by atoms with Gasteiger partial charge in [-0.25, -0.2) is 0 Å². The van der Waals surface area contributed by atoms with E-state index in [-0.39, 0.29) is 0 Å². The molecular weight excluding hydrogens is 232 g/mol. The number of nitrogens with two attached hydrogens (primary N) is 1. The van der Waals surface area contributed by atoms with Crippen LogP contribution in [0.25, 0.3) is 0 Å². The van der Waals surface area contributed by atoms with Gasteiger partial charge in [-0.3, -0.25) is 0 Å². The van der Waals surface area contributed by atoms with Gasteiger partial charge in [-0.05, 0) is 70.8 Å². The number of likely N-dealkylation sites (tertiary alicyclic amines) is 1. The topological polar surface area (TPSA) is 29.3 Å². The number of rotatable bonds is 3. The standard InChI is InChI=1S/C16H25N.CH5N/c1-13-5-4-6-15(11-13)12-14(2)16-7-9-17(3)10-8-16;1-2/h4-6,11,14,16H,7-10,12H2,1-3H3;2H2,1H3. The van der Waals surface area contributed by atoms with Gasteiger partial charge < -0.3 is 10.6 Å². The molecular formula is C17H30N2. The van der Waals surface area contributed by atoms with Crippen molar-refractivity contribution in [2.45, 2.75) is 33.1 Å². The Morgan fingerprint density at radius 1 is 1.26 bits per heavy atom. The molecule has 1 aliphatic heterocycles. The zero-order valence-electron chi connectivity index (χ0n) is 13.0. The van der Waals surface area contributed by atoms with E-state index in [1.165, 1.54) is 50.5 Å². The van der Waals surface area contributed by atoms with Crippen molar-refractivity contribution in [1.82, 2.24) is 4.90 Å². The largest absolute Gasteiger partial charge is 0.333 e. The lowest BCUT2D eigenvalue weighted by Gasteiger charge is -2.32. The van der Waals surface area contributed by atoms with Crippen molar-refractivity contribution < 1.29 is 0 Å². The molecule has 108 valence electrons. The third-order valence-corrected chi connectivity index (χ3v) is 4.21. The molecule has 0 saturated carbocycles. The highest BCUT2D eigenvalue weighted by atomic mass is 15.1. The molecule has 2 N–H and O–H groups in total. The fourth-order valence-electron chi connectivity index (χ4n) is 2.98. The van der Waals surface area contributed by atoms with Gasteiger partial charge in [0.2, 0.25) is 0 Å². The lowest BCUT2D eigenvalue weighted by Crippen LogP contribution is -2.33. The van der Waals surface area contributed by atoms with E-state index < -0.39 is 0 Å². The highest BCUT2D eigenvalue weighted by Gasteiger charge is 2.22. The Morgan fingerprint density at radius 2 is 1.89 bits per heavy atom. The maximum Gasteiger partial charge on any atom is -0.00190 e. The smallest absolute Gasteiger partial charge is 0.00190 e. The molecule has 0 radical (unpaired) electrons. The lowest BCUT2D eigenvalue weighted by atomic mass is 9.82. The van der Waals surface area contributed by atoms with E-state index in [2.05, 4.69) is 55.8 Å². The molecule has 2 heteroatoms. The Balaban J connectivity index is 0.000000861. The average Bonchev–Trinajstić information content (AvgIpc) is 2.41. The number of nitrogens with zero attached hydrogens (tertiary/aromatic N) is 1. The average molecular weight is 262 g/mol. The minimum absolute atomic E-state index is 0.825. The molecule has 2 rings (SSSR count). The zero-order chi connectivity index (χ0) is 14.3. The van der Waals surface area contributed by atoms with Crippen molar-refractivity contribution in [3.05, 3.63) is 35.4 Å². The molecule has 1 atom stereocenters. The quantitative estimate of drug-likeness (QED) is 0.907. The summed E-state index contributed by atoms with van der Waals surface area (Å²) in [6.45, 7) is 7.17. The first-order chi connectivity index (χ1) is 9.15. The van der Waals surface area contributed by atoms with Crippen LogP contribution in [0.4, 0.5) is 0 Å². The van der Waals surface area contributed by atoms with Crippen LogP contribution in [-0.2, 0) is 6.42 Å². The molecule has 1 saturated heterocycles. The molecule has 0 spiro atoms. The van der Waals surface area contributed by atoms with Crippen molar-refractivity contribution in [3.63, 3.8) is 0 Å². The van der Waals surface area contributed by atoms with Gasteiger partial charge >= 0.3 is 0 Å². The minimum atomic E-state index is 0.825. The van der Waals surface area contributed by atoms with Crippen LogP contribution in [0, 0.1) is 18.8 Å². The molecule has 19 heavy (non-hydrogen) atoms. The van der Waals surface area contributed by atoms with E-state index in [0.717, 1.165) is 11.8 Å². The van der Waals surface area contributed by atoms with Gasteiger partial charge in [0.15, 0.2) is 0 Å². The Hall–Kier alpha value is -0.860. The summed E-state index contributed by atoms with van der Waals surface area (Å²) < 4.78 is 0. The van der Waals surface area contributed by atoms with Crippen molar-refractivity contribution in [2.24, 2.45) is 17.6 Å². The van der Waals surface area contributed by atoms with Gasteiger partial charge in [0.05, 0.1) is 0 Å². The normalized spacial score (nSPS) is 18.6. The predicted octanol–water partition coefficient (Wildman–Crippen LogP) is 3.09. The Labute approximate surface area is 119 Å². The first kappa shape index (κ1) is 16.2. The molecule has 1 aliphatic rings. The van der Waals surface area contributed by atoms with Crippen LogP contribution < -0.4 is 5.73 Å². The zero-order valence-corrected chi connectivity index (χ0v) is 13.0. The first-order valence-electron chi connectivity index (χ1n) is 7.47. The van der Waals surface area contributed by atoms with Crippen molar-refractivity contribution in [2.75, 3.05) is 27.2 Å². The fourth-order valence-corrected chi connectivity index (χ4v) is 2.98. The number of hydrogen-bond acceptors (Lipinski definition) is 2. The summed E-state index contributed by atoms with van der Waals surface area (Å²) in [5.74, 6) is 1.75. The maximum absolute atomic E-state index is 4.50. The Bertz CT molecular complexity index is 354. The van der Waals surface area contributed by atoms with Crippen molar-refractivity contribution in [1.29, 1.82) is 0 Å². The molecule has 0 aromatic heterocycles. The van der Waals surface area contributed by atoms with Gasteiger partial charge in [-0.2, -0.15) is 0 Å². The van der Waals surface area contributed by atoms with Crippen molar-refractivity contribution in [3.8, 4) is 0 Å². The van der Waals surface area contributed by atoms with Crippen LogP contribution >= 0.6 is 0 Å². The maximum atomic E-state index is 4.50. The summed E-state index contributed by atoms with van der Waals surface area (Å²) in [6.07, 6.45) is 4.00. The van der Waals surface area contributed by atoms with Crippen LogP contribution in [0.2, 0.25) is 0 Å². The van der Waals surface area contributed by atoms with Crippen LogP contribution in [0.5, 0.6) is 0 Å². The van der Waals surface area contributed by atoms with Gasteiger partial charge in [0.25, 0.3) is 0 Å². The number of piperidine rings is 1. The number of aryl methyl sites for hydroxylation is 1. The molecule has 1 heterocycles. The van der Waals surface area contributed by atoms with Gasteiger partial charge in [-0.15, -0.1) is 0 Å². The molecule has 2 nitrogen and oxygen atoms in total. The second kappa shape index (κ2) is 8.34. The predicted molar refractivity (Wildman–Crippen MR) is 84.4 cm³/mol. The third kappa shape index (κ3) is 5.33. The molecule has 0 bridgehead atoms. The second-order valence-electron chi connectivity index (χ2n) is 5.81. The van der Waals surface area contributed by atoms with E-state index in [0.29, 0.717) is 0 Å². The minimum Gasteiger partial charge on any atom is -0.333 e. The number of benzene rings is 1. The summed E-state index contributed by atoms with van der Waals surface area (Å²) in [7, 11) is 3.74. The molecule has 0 amide bonds. The summed E-state index contributed by atoms with van der Waals surface area (Å²) >= 11 is 0. The summed E-state index contributed by atoms with van der Waals surface area (Å²) in [6, 6.07) is 8.99. The van der Waals surface area contributed by atoms with E-state index in [4.69, 9.17) is 0 Å². The fraction of sp³-hybridized carbons (Fsp3) is 0.647. The van der Waals surface area contributed by atoms with Gasteiger partial charge in [0, 0.05) is 0 Å². The molecule has 1 fully saturated rings. The highest BCUT2D eigenvalue weighted by molar-refractivity contribution is 5.22. The first-order valence-corrected chi connectivity index (χ1v) is 7.47. The second-order valence-corrected chi connectivity index (χ2v) is 5.81.